The van der Waals surface area contributed by atoms with Crippen molar-refractivity contribution in [3.8, 4) is 0 Å². The molecule has 2 fully saturated rings. The first kappa shape index (κ1) is 12.1. The van der Waals surface area contributed by atoms with Gasteiger partial charge in [0.25, 0.3) is 0 Å². The van der Waals surface area contributed by atoms with Crippen molar-refractivity contribution < 1.29 is 4.39 Å². The molecule has 3 heteroatoms. The van der Waals surface area contributed by atoms with E-state index in [4.69, 9.17) is 0 Å². The number of nitrogens with one attached hydrogen (secondary N) is 1. The van der Waals surface area contributed by atoms with Crippen LogP contribution < -0.4 is 5.32 Å². The van der Waals surface area contributed by atoms with Gasteiger partial charge in [0.15, 0.2) is 0 Å². The Hall–Kier alpha value is -0.930. The number of hydrogen-bond acceptors (Lipinski definition) is 2. The lowest BCUT2D eigenvalue weighted by Crippen LogP contribution is -2.45. The highest BCUT2D eigenvalue weighted by molar-refractivity contribution is 5.16. The van der Waals surface area contributed by atoms with Crippen LogP contribution in [0.15, 0.2) is 24.3 Å². The predicted molar refractivity (Wildman–Crippen MR) is 70.9 cm³/mol. The number of benzene rings is 1. The molecule has 2 heterocycles. The molecule has 0 aromatic heterocycles. The van der Waals surface area contributed by atoms with Crippen LogP contribution in [0.5, 0.6) is 0 Å². The lowest BCUT2D eigenvalue weighted by molar-refractivity contribution is 0.166. The monoisotopic (exact) mass is 248 g/mol. The second-order valence-electron chi connectivity index (χ2n) is 5.56. The minimum atomic E-state index is -0.139. The van der Waals surface area contributed by atoms with E-state index < -0.39 is 0 Å². The SMILES string of the molecule is Fc1cccc(CNC2CCN3CCCC3C2)c1. The van der Waals surface area contributed by atoms with Gasteiger partial charge in [0.2, 0.25) is 0 Å². The highest BCUT2D eigenvalue weighted by atomic mass is 19.1. The standard InChI is InChI=1S/C15H21FN2/c16-13-4-1-3-12(9-13)11-17-14-6-8-18-7-2-5-15(18)10-14/h1,3-4,9,14-15,17H,2,5-8,10-11H2. The van der Waals surface area contributed by atoms with Crippen molar-refractivity contribution in [3.63, 3.8) is 0 Å². The third kappa shape index (κ3) is 2.73. The Balaban J connectivity index is 1.51. The molecule has 2 saturated heterocycles. The molecule has 2 aliphatic heterocycles. The summed E-state index contributed by atoms with van der Waals surface area (Å²) in [6, 6.07) is 8.29. The third-order valence-corrected chi connectivity index (χ3v) is 4.30. The molecule has 0 spiro atoms. The molecule has 2 atom stereocenters. The van der Waals surface area contributed by atoms with E-state index in [9.17, 15) is 4.39 Å². The Morgan fingerprint density at radius 2 is 2.22 bits per heavy atom. The van der Waals surface area contributed by atoms with Crippen molar-refractivity contribution in [2.75, 3.05) is 13.1 Å². The van der Waals surface area contributed by atoms with Crippen molar-refractivity contribution in [3.05, 3.63) is 35.6 Å². The summed E-state index contributed by atoms with van der Waals surface area (Å²) in [5.74, 6) is -0.139. The largest absolute Gasteiger partial charge is 0.310 e. The van der Waals surface area contributed by atoms with E-state index in [0.717, 1.165) is 18.2 Å². The fourth-order valence-corrected chi connectivity index (χ4v) is 3.32. The molecule has 1 aromatic rings. The van der Waals surface area contributed by atoms with Gasteiger partial charge < -0.3 is 10.2 Å². The third-order valence-electron chi connectivity index (χ3n) is 4.30. The van der Waals surface area contributed by atoms with Gasteiger partial charge in [-0.2, -0.15) is 0 Å². The summed E-state index contributed by atoms with van der Waals surface area (Å²) in [5, 5.41) is 3.58. The van der Waals surface area contributed by atoms with Crippen molar-refractivity contribution in [1.29, 1.82) is 0 Å². The first-order chi connectivity index (χ1) is 8.81. The molecule has 2 aliphatic rings. The van der Waals surface area contributed by atoms with Gasteiger partial charge in [-0.05, 0) is 56.5 Å². The van der Waals surface area contributed by atoms with E-state index in [1.807, 2.05) is 6.07 Å². The molecule has 0 aliphatic carbocycles. The highest BCUT2D eigenvalue weighted by Crippen LogP contribution is 2.26. The van der Waals surface area contributed by atoms with Crippen LogP contribution in [0.25, 0.3) is 0 Å². The quantitative estimate of drug-likeness (QED) is 0.884. The van der Waals surface area contributed by atoms with Crippen LogP contribution in [0.3, 0.4) is 0 Å². The molecule has 0 bridgehead atoms. The lowest BCUT2D eigenvalue weighted by Gasteiger charge is -2.35. The Morgan fingerprint density at radius 1 is 1.28 bits per heavy atom. The summed E-state index contributed by atoms with van der Waals surface area (Å²) in [5.41, 5.74) is 1.05. The number of hydrogen-bond donors (Lipinski definition) is 1. The van der Waals surface area contributed by atoms with E-state index in [2.05, 4.69) is 10.2 Å². The van der Waals surface area contributed by atoms with Crippen molar-refractivity contribution >= 4 is 0 Å². The zero-order valence-electron chi connectivity index (χ0n) is 10.7. The fourth-order valence-electron chi connectivity index (χ4n) is 3.32. The molecule has 3 rings (SSSR count). The van der Waals surface area contributed by atoms with Crippen LogP contribution in [0.1, 0.15) is 31.2 Å². The lowest BCUT2D eigenvalue weighted by atomic mass is 9.97. The van der Waals surface area contributed by atoms with E-state index in [1.54, 1.807) is 12.1 Å². The number of piperidine rings is 1. The minimum Gasteiger partial charge on any atom is -0.310 e. The van der Waals surface area contributed by atoms with E-state index in [1.165, 1.54) is 44.8 Å². The summed E-state index contributed by atoms with van der Waals surface area (Å²) in [4.78, 5) is 2.63. The summed E-state index contributed by atoms with van der Waals surface area (Å²) in [6.07, 6.45) is 5.21. The molecule has 0 radical (unpaired) electrons. The average Bonchev–Trinajstić information content (AvgIpc) is 2.84. The van der Waals surface area contributed by atoms with Crippen LogP contribution in [-0.2, 0) is 6.54 Å². The normalized spacial score (nSPS) is 28.3. The van der Waals surface area contributed by atoms with Crippen LogP contribution in [0.4, 0.5) is 4.39 Å². The molecule has 2 unspecified atom stereocenters. The molecular weight excluding hydrogens is 227 g/mol. The Morgan fingerprint density at radius 3 is 3.11 bits per heavy atom. The smallest absolute Gasteiger partial charge is 0.123 e. The fraction of sp³-hybridized carbons (Fsp3) is 0.600. The first-order valence-corrected chi connectivity index (χ1v) is 7.03. The Kier molecular flexibility index (Phi) is 3.62. The molecule has 2 nitrogen and oxygen atoms in total. The zero-order chi connectivity index (χ0) is 12.4. The molecule has 18 heavy (non-hydrogen) atoms. The Labute approximate surface area is 108 Å². The van der Waals surface area contributed by atoms with Crippen molar-refractivity contribution in [2.45, 2.75) is 44.3 Å². The second-order valence-corrected chi connectivity index (χ2v) is 5.56. The number of nitrogens with zero attached hydrogens (tertiary/aromatic N) is 1. The van der Waals surface area contributed by atoms with Crippen molar-refractivity contribution in [1.82, 2.24) is 10.2 Å². The van der Waals surface area contributed by atoms with E-state index >= 15 is 0 Å². The maximum Gasteiger partial charge on any atom is 0.123 e. The molecule has 0 amide bonds. The number of rotatable bonds is 3. The molecular formula is C15H21FN2. The molecule has 0 saturated carbocycles. The zero-order valence-corrected chi connectivity index (χ0v) is 10.7. The molecule has 98 valence electrons. The first-order valence-electron chi connectivity index (χ1n) is 7.03. The van der Waals surface area contributed by atoms with Crippen molar-refractivity contribution in [2.24, 2.45) is 0 Å². The maximum absolute atomic E-state index is 13.1. The summed E-state index contributed by atoms with van der Waals surface area (Å²) < 4.78 is 13.1. The van der Waals surface area contributed by atoms with Gasteiger partial charge in [-0.25, -0.2) is 4.39 Å². The Bertz CT molecular complexity index is 407. The molecule has 1 N–H and O–H groups in total. The summed E-state index contributed by atoms with van der Waals surface area (Å²) in [6.45, 7) is 3.31. The second kappa shape index (κ2) is 5.37. The van der Waals surface area contributed by atoms with Gasteiger partial charge in [-0.3, -0.25) is 0 Å². The van der Waals surface area contributed by atoms with Crippen LogP contribution in [-0.4, -0.2) is 30.1 Å². The predicted octanol–water partition coefficient (Wildman–Crippen LogP) is 2.54. The highest BCUT2D eigenvalue weighted by Gasteiger charge is 2.31. The molecule has 1 aromatic carbocycles. The maximum atomic E-state index is 13.1. The van der Waals surface area contributed by atoms with Crippen LogP contribution in [0.2, 0.25) is 0 Å². The number of halogens is 1. The van der Waals surface area contributed by atoms with Gasteiger partial charge in [-0.15, -0.1) is 0 Å². The minimum absolute atomic E-state index is 0.139. The average molecular weight is 248 g/mol. The van der Waals surface area contributed by atoms with Crippen LogP contribution in [0, 0.1) is 5.82 Å². The van der Waals surface area contributed by atoms with Gasteiger partial charge in [0.1, 0.15) is 5.82 Å². The van der Waals surface area contributed by atoms with Gasteiger partial charge >= 0.3 is 0 Å². The van der Waals surface area contributed by atoms with E-state index in [0.29, 0.717) is 6.04 Å². The number of fused-ring (bicyclic) bond motifs is 1. The summed E-state index contributed by atoms with van der Waals surface area (Å²) >= 11 is 0. The summed E-state index contributed by atoms with van der Waals surface area (Å²) in [7, 11) is 0. The topological polar surface area (TPSA) is 15.3 Å². The van der Waals surface area contributed by atoms with Gasteiger partial charge in [0.05, 0.1) is 0 Å². The van der Waals surface area contributed by atoms with E-state index in [-0.39, 0.29) is 5.82 Å². The van der Waals surface area contributed by atoms with Crippen LogP contribution >= 0.6 is 0 Å². The van der Waals surface area contributed by atoms with Gasteiger partial charge in [0, 0.05) is 18.6 Å². The van der Waals surface area contributed by atoms with Gasteiger partial charge in [-0.1, -0.05) is 12.1 Å².